The standard InChI is InChI=1S/C19H17FN2O2/c1-10-9-19(2,3)21-17-5-11-4-12-6-18(22(23)24)16(20)8-15(12)14(11)7-13(10)17/h4-8,21H,9H2,1-3H3. The van der Waals surface area contributed by atoms with E-state index in [0.717, 1.165) is 28.1 Å². The molecular weight excluding hydrogens is 307 g/mol. The topological polar surface area (TPSA) is 55.2 Å². The highest BCUT2D eigenvalue weighted by molar-refractivity contribution is 5.86. The minimum Gasteiger partial charge on any atom is -0.379 e. The van der Waals surface area contributed by atoms with Crippen molar-refractivity contribution in [3.05, 3.63) is 56.2 Å². The zero-order chi connectivity index (χ0) is 17.2. The van der Waals surface area contributed by atoms with Gasteiger partial charge in [0.05, 0.1) is 4.92 Å². The Balaban J connectivity index is 1.97. The van der Waals surface area contributed by atoms with Gasteiger partial charge >= 0.3 is 5.69 Å². The summed E-state index contributed by atoms with van der Waals surface area (Å²) in [4.78, 5) is 10.3. The Kier molecular flexibility index (Phi) is 2.89. The molecule has 1 aliphatic carbocycles. The van der Waals surface area contributed by atoms with Crippen LogP contribution < -0.4 is 15.8 Å². The third-order valence-electron chi connectivity index (χ3n) is 4.75. The fraction of sp³-hybridized carbons (Fsp3) is 0.263. The van der Waals surface area contributed by atoms with Crippen LogP contribution >= 0.6 is 0 Å². The van der Waals surface area contributed by atoms with Crippen molar-refractivity contribution in [3.63, 3.8) is 0 Å². The summed E-state index contributed by atoms with van der Waals surface area (Å²) >= 11 is 0. The van der Waals surface area contributed by atoms with Gasteiger partial charge in [-0.2, -0.15) is 4.39 Å². The molecule has 0 fully saturated rings. The highest BCUT2D eigenvalue weighted by Gasteiger charge is 2.26. The smallest absolute Gasteiger partial charge is 0.305 e. The molecule has 0 atom stereocenters. The predicted molar refractivity (Wildman–Crippen MR) is 92.7 cm³/mol. The van der Waals surface area contributed by atoms with Gasteiger partial charge in [0.25, 0.3) is 0 Å². The molecule has 1 heterocycles. The second kappa shape index (κ2) is 4.66. The molecule has 0 saturated carbocycles. The third kappa shape index (κ3) is 2.12. The van der Waals surface area contributed by atoms with E-state index in [1.54, 1.807) is 0 Å². The van der Waals surface area contributed by atoms with Crippen LogP contribution in [0.3, 0.4) is 0 Å². The summed E-state index contributed by atoms with van der Waals surface area (Å²) < 4.78 is 14.0. The predicted octanol–water partition coefficient (Wildman–Crippen LogP) is 3.31. The third-order valence-corrected chi connectivity index (χ3v) is 4.75. The second-order valence-corrected chi connectivity index (χ2v) is 7.24. The van der Waals surface area contributed by atoms with Gasteiger partial charge in [-0.15, -0.1) is 0 Å². The Labute approximate surface area is 138 Å². The lowest BCUT2D eigenvalue weighted by Gasteiger charge is -2.32. The van der Waals surface area contributed by atoms with E-state index in [0.29, 0.717) is 11.1 Å². The van der Waals surface area contributed by atoms with Crippen LogP contribution in [0.4, 0.5) is 15.8 Å². The number of halogens is 1. The molecule has 0 amide bonds. The Morgan fingerprint density at radius 2 is 1.96 bits per heavy atom. The number of nitro groups is 1. The van der Waals surface area contributed by atoms with Crippen LogP contribution in [-0.4, -0.2) is 10.5 Å². The summed E-state index contributed by atoms with van der Waals surface area (Å²) in [6, 6.07) is 6.71. The molecule has 0 aromatic heterocycles. The van der Waals surface area contributed by atoms with E-state index in [4.69, 9.17) is 0 Å². The Morgan fingerprint density at radius 1 is 1.21 bits per heavy atom. The van der Waals surface area contributed by atoms with Crippen LogP contribution in [0.25, 0.3) is 22.8 Å². The summed E-state index contributed by atoms with van der Waals surface area (Å²) in [7, 11) is 0. The first-order chi connectivity index (χ1) is 11.2. The van der Waals surface area contributed by atoms with Crippen molar-refractivity contribution in [2.45, 2.75) is 32.7 Å². The number of nitrogens with zero attached hydrogens (tertiary/aromatic N) is 1. The normalized spacial score (nSPS) is 16.6. The van der Waals surface area contributed by atoms with E-state index in [9.17, 15) is 14.5 Å². The van der Waals surface area contributed by atoms with Crippen molar-refractivity contribution in [1.29, 1.82) is 0 Å². The maximum absolute atomic E-state index is 14.0. The van der Waals surface area contributed by atoms with Crippen molar-refractivity contribution in [1.82, 2.24) is 0 Å². The SMILES string of the molecule is CC1=c2cc3c(cc2NC(C)(C)C1)=Cc1cc([N+](=O)[O-])c(F)cc1-3. The highest BCUT2D eigenvalue weighted by Crippen LogP contribution is 2.33. The van der Waals surface area contributed by atoms with Crippen molar-refractivity contribution in [2.75, 3.05) is 5.32 Å². The largest absolute Gasteiger partial charge is 0.379 e. The summed E-state index contributed by atoms with van der Waals surface area (Å²) in [6.45, 7) is 6.43. The average Bonchev–Trinajstić information content (AvgIpc) is 2.80. The molecular formula is C19H17FN2O2. The van der Waals surface area contributed by atoms with E-state index in [1.807, 2.05) is 6.08 Å². The summed E-state index contributed by atoms with van der Waals surface area (Å²) in [5.74, 6) is -0.794. The lowest BCUT2D eigenvalue weighted by atomic mass is 9.89. The molecule has 0 bridgehead atoms. The molecule has 4 rings (SSSR count). The molecule has 2 aromatic carbocycles. The van der Waals surface area contributed by atoms with Crippen molar-refractivity contribution < 1.29 is 9.31 Å². The minimum atomic E-state index is -0.794. The van der Waals surface area contributed by atoms with Gasteiger partial charge in [0.2, 0.25) is 5.82 Å². The van der Waals surface area contributed by atoms with Gasteiger partial charge in [0.1, 0.15) is 0 Å². The van der Waals surface area contributed by atoms with Gasteiger partial charge in [-0.3, -0.25) is 10.1 Å². The zero-order valence-electron chi connectivity index (χ0n) is 13.7. The van der Waals surface area contributed by atoms with Crippen molar-refractivity contribution in [3.8, 4) is 11.1 Å². The fourth-order valence-electron chi connectivity index (χ4n) is 3.83. The molecule has 0 spiro atoms. The first-order valence-electron chi connectivity index (χ1n) is 7.87. The number of rotatable bonds is 1. The Hall–Kier alpha value is -2.69. The molecule has 2 aliphatic rings. The number of hydrogen-bond donors (Lipinski definition) is 1. The number of benzene rings is 2. The van der Waals surface area contributed by atoms with E-state index in [1.165, 1.54) is 17.7 Å². The van der Waals surface area contributed by atoms with Crippen LogP contribution in [0.5, 0.6) is 0 Å². The number of anilines is 1. The number of hydrogen-bond acceptors (Lipinski definition) is 3. The number of nitrogens with one attached hydrogen (secondary N) is 1. The minimum absolute atomic E-state index is 0.0122. The molecule has 0 saturated heterocycles. The van der Waals surface area contributed by atoms with Gasteiger partial charge in [0.15, 0.2) is 0 Å². The van der Waals surface area contributed by atoms with Crippen LogP contribution in [0.1, 0.15) is 32.8 Å². The summed E-state index contributed by atoms with van der Waals surface area (Å²) in [5, 5.41) is 16.6. The summed E-state index contributed by atoms with van der Waals surface area (Å²) in [5.41, 5.74) is 4.18. The lowest BCUT2D eigenvalue weighted by Crippen LogP contribution is -2.39. The zero-order valence-corrected chi connectivity index (χ0v) is 13.7. The molecule has 1 aliphatic heterocycles. The van der Waals surface area contributed by atoms with Gasteiger partial charge in [-0.25, -0.2) is 0 Å². The van der Waals surface area contributed by atoms with E-state index in [-0.39, 0.29) is 5.54 Å². The molecule has 0 unspecified atom stereocenters. The lowest BCUT2D eigenvalue weighted by molar-refractivity contribution is -0.387. The van der Waals surface area contributed by atoms with Crippen molar-refractivity contribution >= 4 is 23.0 Å². The van der Waals surface area contributed by atoms with E-state index >= 15 is 0 Å². The maximum atomic E-state index is 14.0. The van der Waals surface area contributed by atoms with E-state index in [2.05, 4.69) is 38.2 Å². The summed E-state index contributed by atoms with van der Waals surface area (Å²) in [6.07, 6.45) is 2.82. The molecule has 1 N–H and O–H groups in total. The van der Waals surface area contributed by atoms with Gasteiger partial charge in [0, 0.05) is 17.3 Å². The van der Waals surface area contributed by atoms with Crippen molar-refractivity contribution in [2.24, 2.45) is 0 Å². The Bertz CT molecular complexity index is 1040. The van der Waals surface area contributed by atoms with E-state index < -0.39 is 16.4 Å². The molecule has 122 valence electrons. The maximum Gasteiger partial charge on any atom is 0.305 e. The number of fused-ring (bicyclic) bond motifs is 4. The molecule has 5 heteroatoms. The quantitative estimate of drug-likeness (QED) is 0.552. The second-order valence-electron chi connectivity index (χ2n) is 7.24. The molecule has 24 heavy (non-hydrogen) atoms. The monoisotopic (exact) mass is 324 g/mol. The van der Waals surface area contributed by atoms with Gasteiger partial charge < -0.3 is 5.32 Å². The van der Waals surface area contributed by atoms with Crippen LogP contribution in [0.2, 0.25) is 0 Å². The van der Waals surface area contributed by atoms with Crippen LogP contribution in [0.15, 0.2) is 24.3 Å². The fourth-order valence-corrected chi connectivity index (χ4v) is 3.83. The van der Waals surface area contributed by atoms with Gasteiger partial charge in [-0.1, -0.05) is 5.57 Å². The molecule has 0 radical (unpaired) electrons. The first kappa shape index (κ1) is 14.9. The first-order valence-corrected chi connectivity index (χ1v) is 7.87. The highest BCUT2D eigenvalue weighted by atomic mass is 19.1. The average molecular weight is 324 g/mol. The van der Waals surface area contributed by atoms with Crippen LogP contribution in [0, 0.1) is 15.9 Å². The number of nitro benzene ring substituents is 1. The van der Waals surface area contributed by atoms with Gasteiger partial charge in [-0.05, 0) is 78.6 Å². The molecule has 2 aromatic rings. The van der Waals surface area contributed by atoms with Crippen LogP contribution in [-0.2, 0) is 0 Å². The molecule has 4 nitrogen and oxygen atoms in total. The Morgan fingerprint density at radius 3 is 2.67 bits per heavy atom.